The topological polar surface area (TPSA) is 0 Å². The fraction of sp³-hybridized carbons (Fsp3) is 0.333. The summed E-state index contributed by atoms with van der Waals surface area (Å²) in [6.07, 6.45) is 3.42. The average Bonchev–Trinajstić information content (AvgIpc) is 2.91. The summed E-state index contributed by atoms with van der Waals surface area (Å²) in [5.74, 6) is 1.27. The molecule has 3 heteroatoms. The van der Waals surface area contributed by atoms with Crippen LogP contribution in [0.2, 0.25) is 0 Å². The van der Waals surface area contributed by atoms with Gasteiger partial charge >= 0.3 is 0 Å². The Balaban J connectivity index is 1.63. The van der Waals surface area contributed by atoms with E-state index in [1.54, 1.807) is 0 Å². The third-order valence-electron chi connectivity index (χ3n) is 3.99. The largest absolute Gasteiger partial charge is 0.126 e. The first-order valence-electron chi connectivity index (χ1n) is 7.30. The number of hydrogen-bond donors (Lipinski definition) is 0. The average molecular weight is 382 g/mol. The first-order chi connectivity index (χ1) is 10.3. The van der Waals surface area contributed by atoms with E-state index in [-0.39, 0.29) is 0 Å². The van der Waals surface area contributed by atoms with Crippen LogP contribution in [-0.2, 0) is 12.8 Å². The van der Waals surface area contributed by atoms with Crippen molar-refractivity contribution in [3.63, 3.8) is 0 Å². The third kappa shape index (κ3) is 3.85. The molecule has 0 bridgehead atoms. The van der Waals surface area contributed by atoms with E-state index in [1.807, 2.05) is 11.8 Å². The van der Waals surface area contributed by atoms with Crippen LogP contribution in [-0.4, -0.2) is 11.1 Å². The van der Waals surface area contributed by atoms with Crippen LogP contribution >= 0.6 is 39.3 Å². The first kappa shape index (κ1) is 15.5. The highest BCUT2D eigenvalue weighted by atomic mass is 79.9. The van der Waals surface area contributed by atoms with Gasteiger partial charge in [0.25, 0.3) is 0 Å². The molecule has 0 saturated carbocycles. The van der Waals surface area contributed by atoms with Crippen molar-refractivity contribution < 1.29 is 0 Å². The zero-order chi connectivity index (χ0) is 14.7. The molecule has 0 amide bonds. The normalized spacial score (nSPS) is 18.5. The Morgan fingerprint density at radius 3 is 2.67 bits per heavy atom. The van der Waals surface area contributed by atoms with Gasteiger partial charge in [-0.25, -0.2) is 0 Å². The van der Waals surface area contributed by atoms with Gasteiger partial charge < -0.3 is 0 Å². The Morgan fingerprint density at radius 1 is 1.14 bits per heavy atom. The summed E-state index contributed by atoms with van der Waals surface area (Å²) in [6, 6.07) is 17.2. The molecule has 21 heavy (non-hydrogen) atoms. The van der Waals surface area contributed by atoms with Crippen LogP contribution in [0, 0.1) is 5.92 Å². The number of benzene rings is 2. The van der Waals surface area contributed by atoms with Crippen LogP contribution in [0.5, 0.6) is 0 Å². The summed E-state index contributed by atoms with van der Waals surface area (Å²) in [5.41, 5.74) is 2.87. The SMILES string of the molecule is ClCC(Cc1ccccc1Br)CC1Cc2ccccc2S1. The van der Waals surface area contributed by atoms with Crippen LogP contribution in [0.3, 0.4) is 0 Å². The van der Waals surface area contributed by atoms with Crippen LogP contribution in [0.4, 0.5) is 0 Å². The lowest BCUT2D eigenvalue weighted by atomic mass is 9.94. The Bertz CT molecular complexity index is 589. The minimum atomic E-state index is 0.539. The van der Waals surface area contributed by atoms with E-state index in [1.165, 1.54) is 33.3 Å². The fourth-order valence-corrected chi connectivity index (χ4v) is 5.07. The molecule has 0 saturated heterocycles. The molecule has 110 valence electrons. The highest BCUT2D eigenvalue weighted by Gasteiger charge is 2.25. The molecular formula is C18H18BrClS. The van der Waals surface area contributed by atoms with E-state index in [9.17, 15) is 0 Å². The van der Waals surface area contributed by atoms with Gasteiger partial charge in [-0.3, -0.25) is 0 Å². The lowest BCUT2D eigenvalue weighted by Crippen LogP contribution is -2.14. The van der Waals surface area contributed by atoms with Crippen LogP contribution < -0.4 is 0 Å². The number of halogens is 2. The van der Waals surface area contributed by atoms with Gasteiger partial charge in [0.1, 0.15) is 0 Å². The number of fused-ring (bicyclic) bond motifs is 1. The molecular weight excluding hydrogens is 364 g/mol. The maximum atomic E-state index is 6.23. The smallest absolute Gasteiger partial charge is 0.0255 e. The Morgan fingerprint density at radius 2 is 1.90 bits per heavy atom. The highest BCUT2D eigenvalue weighted by Crippen LogP contribution is 2.40. The molecule has 1 aliphatic heterocycles. The van der Waals surface area contributed by atoms with Gasteiger partial charge in [-0.2, -0.15) is 0 Å². The summed E-state index contributed by atoms with van der Waals surface area (Å²) in [6.45, 7) is 0. The summed E-state index contributed by atoms with van der Waals surface area (Å²) in [5, 5.41) is 0.675. The van der Waals surface area contributed by atoms with Gasteiger partial charge in [-0.1, -0.05) is 52.3 Å². The Labute approximate surface area is 144 Å². The molecule has 3 rings (SSSR count). The molecule has 0 aliphatic carbocycles. The van der Waals surface area contributed by atoms with Crippen LogP contribution in [0.1, 0.15) is 17.5 Å². The van der Waals surface area contributed by atoms with E-state index in [0.29, 0.717) is 11.2 Å². The van der Waals surface area contributed by atoms with Crippen molar-refractivity contribution in [1.29, 1.82) is 0 Å². The molecule has 2 unspecified atom stereocenters. The molecule has 0 aromatic heterocycles. The van der Waals surface area contributed by atoms with E-state index in [0.717, 1.165) is 12.3 Å². The second-order valence-electron chi connectivity index (χ2n) is 5.60. The van der Waals surface area contributed by atoms with Crippen molar-refractivity contribution in [3.8, 4) is 0 Å². The lowest BCUT2D eigenvalue weighted by molar-refractivity contribution is 0.524. The highest BCUT2D eigenvalue weighted by molar-refractivity contribution is 9.10. The van der Waals surface area contributed by atoms with Crippen molar-refractivity contribution >= 4 is 39.3 Å². The van der Waals surface area contributed by atoms with Gasteiger partial charge in [-0.15, -0.1) is 23.4 Å². The Hall–Kier alpha value is -0.440. The third-order valence-corrected chi connectivity index (χ3v) is 6.55. The van der Waals surface area contributed by atoms with Crippen molar-refractivity contribution in [2.45, 2.75) is 29.4 Å². The van der Waals surface area contributed by atoms with E-state index in [4.69, 9.17) is 11.6 Å². The molecule has 0 fully saturated rings. The van der Waals surface area contributed by atoms with E-state index >= 15 is 0 Å². The minimum absolute atomic E-state index is 0.539. The fourth-order valence-electron chi connectivity index (χ4n) is 2.93. The molecule has 0 nitrogen and oxygen atoms in total. The Kier molecular flexibility index (Phi) is 5.31. The van der Waals surface area contributed by atoms with Gasteiger partial charge in [0.05, 0.1) is 0 Å². The number of rotatable bonds is 5. The maximum absolute atomic E-state index is 6.23. The van der Waals surface area contributed by atoms with E-state index < -0.39 is 0 Å². The van der Waals surface area contributed by atoms with Crippen molar-refractivity contribution in [3.05, 3.63) is 64.1 Å². The predicted molar refractivity (Wildman–Crippen MR) is 96.5 cm³/mol. The molecule has 1 heterocycles. The molecule has 1 aliphatic rings. The van der Waals surface area contributed by atoms with Crippen molar-refractivity contribution in [2.75, 3.05) is 5.88 Å². The lowest BCUT2D eigenvalue weighted by Gasteiger charge is -2.18. The number of thioether (sulfide) groups is 1. The zero-order valence-corrected chi connectivity index (χ0v) is 14.9. The van der Waals surface area contributed by atoms with Gasteiger partial charge in [0, 0.05) is 20.5 Å². The summed E-state index contributed by atoms with van der Waals surface area (Å²) in [7, 11) is 0. The molecule has 0 N–H and O–H groups in total. The molecule has 0 radical (unpaired) electrons. The van der Waals surface area contributed by atoms with Gasteiger partial charge in [-0.05, 0) is 48.4 Å². The van der Waals surface area contributed by atoms with Gasteiger partial charge in [0.15, 0.2) is 0 Å². The molecule has 2 aromatic carbocycles. The molecule has 0 spiro atoms. The molecule has 2 atom stereocenters. The summed E-state index contributed by atoms with van der Waals surface area (Å²) in [4.78, 5) is 1.46. The van der Waals surface area contributed by atoms with Crippen LogP contribution in [0.25, 0.3) is 0 Å². The second-order valence-corrected chi connectivity index (χ2v) is 8.11. The quantitative estimate of drug-likeness (QED) is 0.576. The van der Waals surface area contributed by atoms with Crippen molar-refractivity contribution in [1.82, 2.24) is 0 Å². The zero-order valence-electron chi connectivity index (χ0n) is 11.8. The standard InChI is InChI=1S/C18H18BrClS/c19-17-7-3-1-5-14(17)9-13(12-20)10-16-11-15-6-2-4-8-18(15)21-16/h1-8,13,16H,9-12H2. The summed E-state index contributed by atoms with van der Waals surface area (Å²) >= 11 is 11.9. The summed E-state index contributed by atoms with van der Waals surface area (Å²) < 4.78 is 1.20. The van der Waals surface area contributed by atoms with E-state index in [2.05, 4.69) is 64.5 Å². The monoisotopic (exact) mass is 380 g/mol. The number of hydrogen-bond acceptors (Lipinski definition) is 1. The van der Waals surface area contributed by atoms with Crippen molar-refractivity contribution in [2.24, 2.45) is 5.92 Å². The first-order valence-corrected chi connectivity index (χ1v) is 9.51. The number of alkyl halides is 1. The minimum Gasteiger partial charge on any atom is -0.126 e. The maximum Gasteiger partial charge on any atom is 0.0255 e. The second kappa shape index (κ2) is 7.21. The van der Waals surface area contributed by atoms with Crippen LogP contribution in [0.15, 0.2) is 57.9 Å². The predicted octanol–water partition coefficient (Wildman–Crippen LogP) is 5.95. The molecule has 2 aromatic rings. The van der Waals surface area contributed by atoms with Gasteiger partial charge in [0.2, 0.25) is 0 Å².